The molecule has 7 heteroatoms. The molecule has 1 aromatic heterocycles. The molecule has 6 nitrogen and oxygen atoms in total. The summed E-state index contributed by atoms with van der Waals surface area (Å²) in [6.07, 6.45) is 3.29. The van der Waals surface area contributed by atoms with E-state index in [4.69, 9.17) is 9.88 Å². The topological polar surface area (TPSA) is 87.2 Å². The number of hydrogen-bond donors (Lipinski definition) is 1. The Morgan fingerprint density at radius 2 is 2.33 bits per heavy atom. The first kappa shape index (κ1) is 12.0. The molecule has 86 valence electrons. The summed E-state index contributed by atoms with van der Waals surface area (Å²) in [4.78, 5) is 0. The summed E-state index contributed by atoms with van der Waals surface area (Å²) in [5.41, 5.74) is 0. The van der Waals surface area contributed by atoms with Crippen LogP contribution in [0.1, 0.15) is 6.92 Å². The minimum atomic E-state index is -3.42. The smallest absolute Gasteiger partial charge is 0.209 e. The number of nitrogens with zero attached hydrogens (tertiary/aromatic N) is 2. The van der Waals surface area contributed by atoms with Crippen molar-refractivity contribution < 1.29 is 13.2 Å². The lowest BCUT2D eigenvalue weighted by Gasteiger charge is -2.09. The molecule has 0 fully saturated rings. The first-order valence-electron chi connectivity index (χ1n) is 4.49. The Morgan fingerprint density at radius 3 is 2.80 bits per heavy atom. The van der Waals surface area contributed by atoms with Crippen molar-refractivity contribution in [2.45, 2.75) is 6.92 Å². The molecule has 0 amide bonds. The van der Waals surface area contributed by atoms with Gasteiger partial charge in [-0.1, -0.05) is 6.92 Å². The molecule has 1 heterocycles. The molecular formula is C8H15N3O3S. The highest BCUT2D eigenvalue weighted by molar-refractivity contribution is 7.89. The lowest BCUT2D eigenvalue weighted by molar-refractivity contribution is 0.271. The maximum atomic E-state index is 10.8. The molecule has 1 unspecified atom stereocenters. The maximum absolute atomic E-state index is 10.8. The molecule has 1 atom stereocenters. The summed E-state index contributed by atoms with van der Waals surface area (Å²) in [5, 5.41) is 8.83. The van der Waals surface area contributed by atoms with Gasteiger partial charge in [0.25, 0.3) is 0 Å². The summed E-state index contributed by atoms with van der Waals surface area (Å²) >= 11 is 0. The third-order valence-corrected chi connectivity index (χ3v) is 2.77. The lowest BCUT2D eigenvalue weighted by Crippen LogP contribution is -2.24. The molecule has 0 saturated carbocycles. The number of sulfonamides is 1. The average Bonchev–Trinajstić information content (AvgIpc) is 2.45. The van der Waals surface area contributed by atoms with E-state index in [0.29, 0.717) is 12.4 Å². The van der Waals surface area contributed by atoms with Crippen LogP contribution in [0.15, 0.2) is 12.4 Å². The van der Waals surface area contributed by atoms with Gasteiger partial charge in [0, 0.05) is 13.0 Å². The van der Waals surface area contributed by atoms with Crippen molar-refractivity contribution in [3.8, 4) is 5.75 Å². The molecular weight excluding hydrogens is 218 g/mol. The molecule has 15 heavy (non-hydrogen) atoms. The molecule has 1 rings (SSSR count). The number of hydrogen-bond acceptors (Lipinski definition) is 4. The van der Waals surface area contributed by atoms with Crippen LogP contribution in [0.4, 0.5) is 0 Å². The monoisotopic (exact) mass is 233 g/mol. The fraction of sp³-hybridized carbons (Fsp3) is 0.625. The van der Waals surface area contributed by atoms with E-state index in [2.05, 4.69) is 5.10 Å². The van der Waals surface area contributed by atoms with Gasteiger partial charge in [0.05, 0.1) is 24.8 Å². The van der Waals surface area contributed by atoms with E-state index in [1.807, 2.05) is 0 Å². The fourth-order valence-corrected chi connectivity index (χ4v) is 2.05. The normalized spacial score (nSPS) is 13.8. The van der Waals surface area contributed by atoms with Gasteiger partial charge >= 0.3 is 0 Å². The minimum absolute atomic E-state index is 0.0761. The van der Waals surface area contributed by atoms with Gasteiger partial charge in [-0.15, -0.1) is 0 Å². The van der Waals surface area contributed by atoms with E-state index in [0.717, 1.165) is 0 Å². The van der Waals surface area contributed by atoms with Crippen molar-refractivity contribution in [2.24, 2.45) is 18.1 Å². The second kappa shape index (κ2) is 4.63. The van der Waals surface area contributed by atoms with Gasteiger partial charge < -0.3 is 4.74 Å². The summed E-state index contributed by atoms with van der Waals surface area (Å²) in [5.74, 6) is 0.409. The number of rotatable bonds is 5. The summed E-state index contributed by atoms with van der Waals surface area (Å²) in [6.45, 7) is 2.07. The van der Waals surface area contributed by atoms with Crippen LogP contribution in [0, 0.1) is 5.92 Å². The Hall–Kier alpha value is -1.08. The number of aryl methyl sites for hydroxylation is 1. The van der Waals surface area contributed by atoms with Crippen LogP contribution in [-0.4, -0.2) is 30.6 Å². The Kier molecular flexibility index (Phi) is 3.70. The predicted octanol–water partition coefficient (Wildman–Crippen LogP) is -0.276. The Labute approximate surface area is 89.1 Å². The van der Waals surface area contributed by atoms with Crippen molar-refractivity contribution in [3.63, 3.8) is 0 Å². The molecule has 0 bridgehead atoms. The molecule has 0 aliphatic rings. The highest BCUT2D eigenvalue weighted by atomic mass is 32.2. The van der Waals surface area contributed by atoms with Gasteiger partial charge in [-0.25, -0.2) is 13.6 Å². The van der Waals surface area contributed by atoms with Crippen LogP contribution >= 0.6 is 0 Å². The minimum Gasteiger partial charge on any atom is -0.490 e. The van der Waals surface area contributed by atoms with E-state index >= 15 is 0 Å². The standard InChI is InChI=1S/C8H15N3O3S/c1-7(6-15(9,12)13)5-14-8-3-10-11(2)4-8/h3-4,7H,5-6H2,1-2H3,(H2,9,12,13). The van der Waals surface area contributed by atoms with Crippen molar-refractivity contribution in [1.82, 2.24) is 9.78 Å². The van der Waals surface area contributed by atoms with E-state index < -0.39 is 10.0 Å². The summed E-state index contributed by atoms with van der Waals surface area (Å²) < 4.78 is 28.5. The van der Waals surface area contributed by atoms with Gasteiger partial charge in [-0.2, -0.15) is 5.10 Å². The zero-order chi connectivity index (χ0) is 11.5. The van der Waals surface area contributed by atoms with Crippen LogP contribution in [0.3, 0.4) is 0 Å². The van der Waals surface area contributed by atoms with Crippen LogP contribution in [0.2, 0.25) is 0 Å². The lowest BCUT2D eigenvalue weighted by atomic mass is 10.2. The third kappa shape index (κ3) is 4.80. The molecule has 0 aromatic carbocycles. The van der Waals surface area contributed by atoms with E-state index in [9.17, 15) is 8.42 Å². The third-order valence-electron chi connectivity index (χ3n) is 1.73. The number of aromatic nitrogens is 2. The van der Waals surface area contributed by atoms with Crippen molar-refractivity contribution in [2.75, 3.05) is 12.4 Å². The van der Waals surface area contributed by atoms with Crippen molar-refractivity contribution in [1.29, 1.82) is 0 Å². The van der Waals surface area contributed by atoms with Crippen LogP contribution in [-0.2, 0) is 17.1 Å². The van der Waals surface area contributed by atoms with E-state index in [1.54, 1.807) is 31.0 Å². The van der Waals surface area contributed by atoms with Gasteiger partial charge in [0.1, 0.15) is 0 Å². The van der Waals surface area contributed by atoms with Crippen LogP contribution in [0.25, 0.3) is 0 Å². The molecule has 0 radical (unpaired) electrons. The van der Waals surface area contributed by atoms with Crippen LogP contribution in [0.5, 0.6) is 5.75 Å². The second-order valence-corrected chi connectivity index (χ2v) is 5.25. The summed E-state index contributed by atoms with van der Waals surface area (Å²) in [6, 6.07) is 0. The largest absolute Gasteiger partial charge is 0.490 e. The zero-order valence-electron chi connectivity index (χ0n) is 8.75. The maximum Gasteiger partial charge on any atom is 0.209 e. The Balaban J connectivity index is 2.37. The Bertz CT molecular complexity index is 413. The molecule has 2 N–H and O–H groups in total. The van der Waals surface area contributed by atoms with Gasteiger partial charge in [0.2, 0.25) is 10.0 Å². The molecule has 0 saturated heterocycles. The SMILES string of the molecule is CC(COc1cnn(C)c1)CS(N)(=O)=O. The van der Waals surface area contributed by atoms with Crippen LogP contribution < -0.4 is 9.88 Å². The summed E-state index contributed by atoms with van der Waals surface area (Å²) in [7, 11) is -1.64. The van der Waals surface area contributed by atoms with Crippen molar-refractivity contribution >= 4 is 10.0 Å². The van der Waals surface area contributed by atoms with Gasteiger partial charge in [-0.3, -0.25) is 4.68 Å². The molecule has 0 aliphatic carbocycles. The van der Waals surface area contributed by atoms with Crippen molar-refractivity contribution in [3.05, 3.63) is 12.4 Å². The first-order valence-corrected chi connectivity index (χ1v) is 6.20. The highest BCUT2D eigenvalue weighted by Crippen LogP contribution is 2.09. The fourth-order valence-electron chi connectivity index (χ4n) is 1.16. The highest BCUT2D eigenvalue weighted by Gasteiger charge is 2.11. The number of ether oxygens (including phenoxy) is 1. The number of primary sulfonamides is 1. The Morgan fingerprint density at radius 1 is 1.67 bits per heavy atom. The molecule has 0 spiro atoms. The molecule has 0 aliphatic heterocycles. The first-order chi connectivity index (χ1) is 6.87. The van der Waals surface area contributed by atoms with Gasteiger partial charge in [-0.05, 0) is 0 Å². The zero-order valence-corrected chi connectivity index (χ0v) is 9.57. The second-order valence-electron chi connectivity index (χ2n) is 3.60. The van der Waals surface area contributed by atoms with E-state index in [-0.39, 0.29) is 11.7 Å². The molecule has 1 aromatic rings. The van der Waals surface area contributed by atoms with E-state index in [1.165, 1.54) is 0 Å². The average molecular weight is 233 g/mol. The number of nitrogens with two attached hydrogens (primary N) is 1. The predicted molar refractivity (Wildman–Crippen MR) is 55.8 cm³/mol. The quantitative estimate of drug-likeness (QED) is 0.758. The van der Waals surface area contributed by atoms with Gasteiger partial charge in [0.15, 0.2) is 5.75 Å².